The number of fused-ring (bicyclic) bond motifs is 1. The van der Waals surface area contributed by atoms with Gasteiger partial charge in [-0.15, -0.1) is 0 Å². The minimum Gasteiger partial charge on any atom is -0.454 e. The second kappa shape index (κ2) is 5.10. The standard InChI is InChI=1S/C14H16BrN3O2/c1-8-5-11-12(20-7-19-11)6-9(8)14-13(15)10(3-4-16)18(2)17-14/h5-6H,3-4,7,16H2,1-2H3. The molecular formula is C14H16BrN3O2. The quantitative estimate of drug-likeness (QED) is 0.933. The average Bonchev–Trinajstić information content (AvgIpc) is 2.97. The summed E-state index contributed by atoms with van der Waals surface area (Å²) >= 11 is 3.64. The molecule has 0 aliphatic carbocycles. The molecule has 0 atom stereocenters. The highest BCUT2D eigenvalue weighted by atomic mass is 79.9. The van der Waals surface area contributed by atoms with Crippen LogP contribution in [-0.2, 0) is 13.5 Å². The maximum Gasteiger partial charge on any atom is 0.231 e. The van der Waals surface area contributed by atoms with Gasteiger partial charge in [0.2, 0.25) is 6.79 Å². The molecule has 0 saturated heterocycles. The topological polar surface area (TPSA) is 62.3 Å². The van der Waals surface area contributed by atoms with Gasteiger partial charge in [0.25, 0.3) is 0 Å². The predicted molar refractivity (Wildman–Crippen MR) is 80.0 cm³/mol. The molecule has 0 spiro atoms. The first-order chi connectivity index (χ1) is 9.61. The summed E-state index contributed by atoms with van der Waals surface area (Å²) in [5, 5.41) is 4.60. The number of nitrogens with zero attached hydrogens (tertiary/aromatic N) is 2. The Hall–Kier alpha value is -1.53. The molecular weight excluding hydrogens is 322 g/mol. The fourth-order valence-electron chi connectivity index (χ4n) is 2.41. The van der Waals surface area contributed by atoms with E-state index in [1.54, 1.807) is 0 Å². The molecule has 0 saturated carbocycles. The highest BCUT2D eigenvalue weighted by molar-refractivity contribution is 9.10. The fraction of sp³-hybridized carbons (Fsp3) is 0.357. The first-order valence-electron chi connectivity index (χ1n) is 6.44. The highest BCUT2D eigenvalue weighted by Gasteiger charge is 2.21. The Morgan fingerprint density at radius 3 is 2.75 bits per heavy atom. The second-order valence-electron chi connectivity index (χ2n) is 4.79. The van der Waals surface area contributed by atoms with E-state index in [0.717, 1.165) is 44.9 Å². The van der Waals surface area contributed by atoms with Crippen molar-refractivity contribution in [2.24, 2.45) is 12.8 Å². The van der Waals surface area contributed by atoms with Crippen molar-refractivity contribution < 1.29 is 9.47 Å². The van der Waals surface area contributed by atoms with Gasteiger partial charge in [0, 0.05) is 19.0 Å². The molecule has 0 amide bonds. The van der Waals surface area contributed by atoms with Crippen LogP contribution in [0.2, 0.25) is 0 Å². The first kappa shape index (κ1) is 13.5. The van der Waals surface area contributed by atoms with Gasteiger partial charge in [-0.2, -0.15) is 5.10 Å². The average molecular weight is 338 g/mol. The number of halogens is 1. The molecule has 20 heavy (non-hydrogen) atoms. The lowest BCUT2D eigenvalue weighted by molar-refractivity contribution is 0.174. The number of hydrogen-bond acceptors (Lipinski definition) is 4. The van der Waals surface area contributed by atoms with Crippen LogP contribution >= 0.6 is 15.9 Å². The summed E-state index contributed by atoms with van der Waals surface area (Å²) in [5.74, 6) is 1.56. The van der Waals surface area contributed by atoms with Crippen molar-refractivity contribution in [1.82, 2.24) is 9.78 Å². The Bertz CT molecular complexity index is 667. The van der Waals surface area contributed by atoms with Gasteiger partial charge in [-0.1, -0.05) is 0 Å². The summed E-state index contributed by atoms with van der Waals surface area (Å²) in [6.07, 6.45) is 0.785. The van der Waals surface area contributed by atoms with E-state index >= 15 is 0 Å². The number of hydrogen-bond donors (Lipinski definition) is 1. The minimum atomic E-state index is 0.278. The maximum absolute atomic E-state index is 5.65. The molecule has 2 aromatic rings. The van der Waals surface area contributed by atoms with Gasteiger partial charge < -0.3 is 15.2 Å². The van der Waals surface area contributed by atoms with Crippen LogP contribution in [0.3, 0.4) is 0 Å². The van der Waals surface area contributed by atoms with Crippen molar-refractivity contribution in [2.45, 2.75) is 13.3 Å². The van der Waals surface area contributed by atoms with Crippen LogP contribution in [0.5, 0.6) is 11.5 Å². The lowest BCUT2D eigenvalue weighted by Gasteiger charge is -2.05. The third-order valence-corrected chi connectivity index (χ3v) is 4.29. The van der Waals surface area contributed by atoms with Crippen molar-refractivity contribution in [3.8, 4) is 22.8 Å². The van der Waals surface area contributed by atoms with Crippen molar-refractivity contribution in [3.05, 3.63) is 27.9 Å². The van der Waals surface area contributed by atoms with E-state index < -0.39 is 0 Å². The summed E-state index contributed by atoms with van der Waals surface area (Å²) in [5.41, 5.74) is 9.80. The number of benzene rings is 1. The Morgan fingerprint density at radius 1 is 1.35 bits per heavy atom. The minimum absolute atomic E-state index is 0.278. The molecule has 1 aliphatic heterocycles. The van der Waals surface area contributed by atoms with E-state index in [-0.39, 0.29) is 6.79 Å². The van der Waals surface area contributed by atoms with Crippen LogP contribution in [-0.4, -0.2) is 23.1 Å². The Morgan fingerprint density at radius 2 is 2.05 bits per heavy atom. The van der Waals surface area contributed by atoms with Crippen LogP contribution in [0.25, 0.3) is 11.3 Å². The van der Waals surface area contributed by atoms with E-state index in [1.165, 1.54) is 0 Å². The van der Waals surface area contributed by atoms with E-state index in [0.29, 0.717) is 6.54 Å². The lowest BCUT2D eigenvalue weighted by atomic mass is 10.0. The first-order valence-corrected chi connectivity index (χ1v) is 7.23. The smallest absolute Gasteiger partial charge is 0.231 e. The number of aromatic nitrogens is 2. The van der Waals surface area contributed by atoms with Gasteiger partial charge in [-0.25, -0.2) is 0 Å². The van der Waals surface area contributed by atoms with Gasteiger partial charge >= 0.3 is 0 Å². The molecule has 3 rings (SSSR count). The largest absolute Gasteiger partial charge is 0.454 e. The van der Waals surface area contributed by atoms with Crippen LogP contribution in [0.1, 0.15) is 11.3 Å². The number of ether oxygens (including phenoxy) is 2. The van der Waals surface area contributed by atoms with Crippen LogP contribution in [0.4, 0.5) is 0 Å². The zero-order chi connectivity index (χ0) is 14.3. The van der Waals surface area contributed by atoms with Crippen molar-refractivity contribution in [2.75, 3.05) is 13.3 Å². The molecule has 6 heteroatoms. The van der Waals surface area contributed by atoms with Crippen LogP contribution < -0.4 is 15.2 Å². The molecule has 0 fully saturated rings. The Labute approximate surface area is 125 Å². The van der Waals surface area contributed by atoms with E-state index in [4.69, 9.17) is 15.2 Å². The second-order valence-corrected chi connectivity index (χ2v) is 5.58. The third kappa shape index (κ3) is 2.09. The van der Waals surface area contributed by atoms with E-state index in [2.05, 4.69) is 21.0 Å². The molecule has 2 heterocycles. The lowest BCUT2D eigenvalue weighted by Crippen LogP contribution is -2.07. The summed E-state index contributed by atoms with van der Waals surface area (Å²) in [6, 6.07) is 3.97. The molecule has 1 aromatic heterocycles. The summed E-state index contributed by atoms with van der Waals surface area (Å²) in [7, 11) is 1.93. The predicted octanol–water partition coefficient (Wildman–Crippen LogP) is 2.39. The maximum atomic E-state index is 5.65. The van der Waals surface area contributed by atoms with Gasteiger partial charge in [0.05, 0.1) is 10.2 Å². The zero-order valence-electron chi connectivity index (χ0n) is 11.4. The number of rotatable bonds is 3. The molecule has 2 N–H and O–H groups in total. The Balaban J connectivity index is 2.12. The van der Waals surface area contributed by atoms with Gasteiger partial charge in [0.15, 0.2) is 11.5 Å². The molecule has 5 nitrogen and oxygen atoms in total. The van der Waals surface area contributed by atoms with Crippen LogP contribution in [0, 0.1) is 6.92 Å². The SMILES string of the molecule is Cc1cc2c(cc1-c1nn(C)c(CCN)c1Br)OCO2. The number of nitrogens with two attached hydrogens (primary N) is 1. The van der Waals surface area contributed by atoms with Gasteiger partial charge in [-0.05, 0) is 47.1 Å². The Kier molecular flexibility index (Phi) is 3.43. The molecule has 1 aromatic carbocycles. The van der Waals surface area contributed by atoms with Gasteiger partial charge in [-0.3, -0.25) is 4.68 Å². The molecule has 0 unspecified atom stereocenters. The zero-order valence-corrected chi connectivity index (χ0v) is 13.0. The van der Waals surface area contributed by atoms with E-state index in [9.17, 15) is 0 Å². The molecule has 106 valence electrons. The number of aryl methyl sites for hydroxylation is 2. The summed E-state index contributed by atoms with van der Waals surface area (Å²) in [4.78, 5) is 0. The third-order valence-electron chi connectivity index (χ3n) is 3.46. The van der Waals surface area contributed by atoms with Crippen molar-refractivity contribution >= 4 is 15.9 Å². The fourth-order valence-corrected chi connectivity index (χ4v) is 3.16. The molecule has 0 bridgehead atoms. The molecule has 1 aliphatic rings. The monoisotopic (exact) mass is 337 g/mol. The van der Waals surface area contributed by atoms with Crippen LogP contribution in [0.15, 0.2) is 16.6 Å². The normalized spacial score (nSPS) is 13.0. The summed E-state index contributed by atoms with van der Waals surface area (Å²) in [6.45, 7) is 2.92. The summed E-state index contributed by atoms with van der Waals surface area (Å²) < 4.78 is 13.7. The van der Waals surface area contributed by atoms with E-state index in [1.807, 2.05) is 30.8 Å². The highest BCUT2D eigenvalue weighted by Crippen LogP contribution is 2.40. The van der Waals surface area contributed by atoms with Crippen molar-refractivity contribution in [3.63, 3.8) is 0 Å². The molecule has 0 radical (unpaired) electrons. The van der Waals surface area contributed by atoms with Gasteiger partial charge in [0.1, 0.15) is 5.69 Å². The van der Waals surface area contributed by atoms with Crippen molar-refractivity contribution in [1.29, 1.82) is 0 Å².